The van der Waals surface area contributed by atoms with E-state index in [0.717, 1.165) is 6.42 Å². The van der Waals surface area contributed by atoms with Crippen LogP contribution in [0.15, 0.2) is 63.3 Å². The molecule has 0 bridgehead atoms. The molecule has 4 rings (SSSR count). The maximum Gasteiger partial charge on any atom is 0.308 e. The van der Waals surface area contributed by atoms with Gasteiger partial charge in [-0.05, 0) is 18.6 Å². The predicted octanol–water partition coefficient (Wildman–Crippen LogP) is 4.66. The Morgan fingerprint density at radius 1 is 1.19 bits per heavy atom. The zero-order valence-electron chi connectivity index (χ0n) is 17.7. The van der Waals surface area contributed by atoms with Crippen LogP contribution in [0.4, 0.5) is 0 Å². The van der Waals surface area contributed by atoms with Crippen LogP contribution in [0.1, 0.15) is 42.0 Å². The molecule has 0 saturated heterocycles. The molecule has 0 amide bonds. The van der Waals surface area contributed by atoms with Gasteiger partial charge in [-0.1, -0.05) is 37.3 Å². The number of aromatic nitrogens is 2. The zero-order valence-corrected chi connectivity index (χ0v) is 18.6. The molecule has 0 fully saturated rings. The van der Waals surface area contributed by atoms with Gasteiger partial charge in [0, 0.05) is 22.9 Å². The van der Waals surface area contributed by atoms with Crippen LogP contribution < -0.4 is 5.56 Å². The molecule has 8 heteroatoms. The molecule has 1 atom stereocenters. The lowest BCUT2D eigenvalue weighted by molar-refractivity contribution is -0.141. The number of carbonyl (C=O) groups excluding carboxylic acids is 2. The molecule has 0 saturated carbocycles. The van der Waals surface area contributed by atoms with Crippen molar-refractivity contribution in [3.8, 4) is 11.3 Å². The minimum absolute atomic E-state index is 0.270. The van der Waals surface area contributed by atoms with Gasteiger partial charge in [0.1, 0.15) is 22.5 Å². The van der Waals surface area contributed by atoms with E-state index in [0.29, 0.717) is 39.3 Å². The Kier molecular flexibility index (Phi) is 6.32. The van der Waals surface area contributed by atoms with Crippen molar-refractivity contribution >= 4 is 33.3 Å². The molecule has 1 unspecified atom stereocenters. The fraction of sp³-hybridized carbons (Fsp3) is 0.250. The van der Waals surface area contributed by atoms with E-state index < -0.39 is 12.0 Å². The van der Waals surface area contributed by atoms with Crippen LogP contribution >= 0.6 is 11.3 Å². The van der Waals surface area contributed by atoms with Crippen molar-refractivity contribution in [1.29, 1.82) is 0 Å². The van der Waals surface area contributed by atoms with Crippen LogP contribution in [0.25, 0.3) is 21.5 Å². The molecule has 0 N–H and O–H groups in total. The zero-order chi connectivity index (χ0) is 22.7. The number of nitrogens with zero attached hydrogens (tertiary/aromatic N) is 2. The number of benzene rings is 1. The Balaban J connectivity index is 1.97. The Hall–Kier alpha value is -3.52. The van der Waals surface area contributed by atoms with Gasteiger partial charge in [0.25, 0.3) is 5.56 Å². The Morgan fingerprint density at radius 3 is 2.62 bits per heavy atom. The SMILES string of the molecule is CCCc1nc2scc(-c3ccco3)c2c(=O)n1C(CC(=O)OC)C(=O)c1ccccc1. The molecular weight excluding hydrogens is 428 g/mol. The molecule has 1 aromatic carbocycles. The van der Waals surface area contributed by atoms with E-state index in [-0.39, 0.29) is 17.8 Å². The summed E-state index contributed by atoms with van der Waals surface area (Å²) in [7, 11) is 1.26. The van der Waals surface area contributed by atoms with E-state index in [1.54, 1.807) is 42.5 Å². The molecule has 3 aromatic heterocycles. The highest BCUT2D eigenvalue weighted by Crippen LogP contribution is 2.32. The molecule has 0 aliphatic rings. The smallest absolute Gasteiger partial charge is 0.308 e. The molecule has 7 nitrogen and oxygen atoms in total. The number of carbonyl (C=O) groups is 2. The largest absolute Gasteiger partial charge is 0.469 e. The minimum Gasteiger partial charge on any atom is -0.469 e. The number of furan rings is 1. The molecule has 0 spiro atoms. The summed E-state index contributed by atoms with van der Waals surface area (Å²) < 4.78 is 11.7. The van der Waals surface area contributed by atoms with Crippen LogP contribution in [0.3, 0.4) is 0 Å². The lowest BCUT2D eigenvalue weighted by atomic mass is 10.0. The molecule has 4 aromatic rings. The molecule has 0 aliphatic carbocycles. The third-order valence-electron chi connectivity index (χ3n) is 5.23. The number of fused-ring (bicyclic) bond motifs is 1. The number of ether oxygens (including phenoxy) is 1. The monoisotopic (exact) mass is 450 g/mol. The Labute approximate surface area is 188 Å². The van der Waals surface area contributed by atoms with Crippen molar-refractivity contribution in [3.63, 3.8) is 0 Å². The highest BCUT2D eigenvalue weighted by molar-refractivity contribution is 7.17. The number of esters is 1. The quantitative estimate of drug-likeness (QED) is 0.286. The molecular formula is C24H22N2O5S. The minimum atomic E-state index is -1.07. The van der Waals surface area contributed by atoms with Crippen molar-refractivity contribution in [3.05, 3.63) is 75.8 Å². The molecule has 164 valence electrons. The fourth-order valence-electron chi connectivity index (χ4n) is 3.72. The van der Waals surface area contributed by atoms with Gasteiger partial charge < -0.3 is 9.15 Å². The summed E-state index contributed by atoms with van der Waals surface area (Å²) in [5, 5.41) is 2.20. The van der Waals surface area contributed by atoms with E-state index >= 15 is 0 Å². The van der Waals surface area contributed by atoms with Gasteiger partial charge in [0.2, 0.25) is 0 Å². The summed E-state index contributed by atoms with van der Waals surface area (Å²) in [6.07, 6.45) is 2.47. The summed E-state index contributed by atoms with van der Waals surface area (Å²) in [5.41, 5.74) is 0.657. The second-order valence-corrected chi connectivity index (χ2v) is 8.14. The topological polar surface area (TPSA) is 91.4 Å². The first-order valence-electron chi connectivity index (χ1n) is 10.3. The third kappa shape index (κ3) is 4.01. The third-order valence-corrected chi connectivity index (χ3v) is 6.11. The van der Waals surface area contributed by atoms with E-state index in [1.165, 1.54) is 29.3 Å². The van der Waals surface area contributed by atoms with Crippen LogP contribution in [0, 0.1) is 0 Å². The Morgan fingerprint density at radius 2 is 1.97 bits per heavy atom. The van der Waals surface area contributed by atoms with E-state index in [9.17, 15) is 14.4 Å². The Bertz CT molecular complexity index is 1310. The number of rotatable bonds is 8. The van der Waals surface area contributed by atoms with Crippen LogP contribution in [-0.2, 0) is 16.0 Å². The van der Waals surface area contributed by atoms with Crippen LogP contribution in [-0.4, -0.2) is 28.4 Å². The van der Waals surface area contributed by atoms with Gasteiger partial charge in [-0.3, -0.25) is 19.0 Å². The number of Topliss-reactive ketones (excluding diaryl/α,β-unsaturated/α-hetero) is 1. The summed E-state index contributed by atoms with van der Waals surface area (Å²) in [6, 6.07) is 11.1. The molecule has 3 heterocycles. The summed E-state index contributed by atoms with van der Waals surface area (Å²) in [6.45, 7) is 1.97. The van der Waals surface area contributed by atoms with E-state index in [4.69, 9.17) is 14.1 Å². The number of ketones is 1. The fourth-order valence-corrected chi connectivity index (χ4v) is 4.65. The maximum absolute atomic E-state index is 13.8. The first-order chi connectivity index (χ1) is 15.5. The van der Waals surface area contributed by atoms with Crippen molar-refractivity contribution in [2.24, 2.45) is 0 Å². The first kappa shape index (κ1) is 21.7. The molecule has 0 aliphatic heterocycles. The van der Waals surface area contributed by atoms with Gasteiger partial charge in [-0.2, -0.15) is 0 Å². The summed E-state index contributed by atoms with van der Waals surface area (Å²) in [5.74, 6) is 0.0940. The predicted molar refractivity (Wildman–Crippen MR) is 122 cm³/mol. The lowest BCUT2D eigenvalue weighted by Crippen LogP contribution is -2.35. The van der Waals surface area contributed by atoms with Gasteiger partial charge in [-0.15, -0.1) is 11.3 Å². The number of aryl methyl sites for hydroxylation is 1. The van der Waals surface area contributed by atoms with E-state index in [2.05, 4.69) is 0 Å². The second kappa shape index (κ2) is 9.32. The van der Waals surface area contributed by atoms with Crippen molar-refractivity contribution < 1.29 is 18.7 Å². The average molecular weight is 451 g/mol. The standard InChI is InChI=1S/C24H22N2O5S/c1-3-8-19-25-23-21(16(14-32-23)18-11-7-12-31-18)24(29)26(19)17(13-20(27)30-2)22(28)15-9-5-4-6-10-15/h4-7,9-12,14,17H,3,8,13H2,1-2H3. The summed E-state index contributed by atoms with van der Waals surface area (Å²) >= 11 is 1.35. The number of thiophene rings is 1. The highest BCUT2D eigenvalue weighted by Gasteiger charge is 2.30. The van der Waals surface area contributed by atoms with Crippen molar-refractivity contribution in [1.82, 2.24) is 9.55 Å². The van der Waals surface area contributed by atoms with Crippen molar-refractivity contribution in [2.45, 2.75) is 32.2 Å². The number of hydrogen-bond acceptors (Lipinski definition) is 7. The van der Waals surface area contributed by atoms with Crippen LogP contribution in [0.5, 0.6) is 0 Å². The maximum atomic E-state index is 13.8. The number of hydrogen-bond donors (Lipinski definition) is 0. The first-order valence-corrected chi connectivity index (χ1v) is 11.2. The average Bonchev–Trinajstić information content (AvgIpc) is 3.48. The summed E-state index contributed by atoms with van der Waals surface area (Å²) in [4.78, 5) is 44.9. The van der Waals surface area contributed by atoms with E-state index in [1.807, 2.05) is 12.3 Å². The van der Waals surface area contributed by atoms with Gasteiger partial charge in [0.15, 0.2) is 5.78 Å². The van der Waals surface area contributed by atoms with Gasteiger partial charge >= 0.3 is 5.97 Å². The number of methoxy groups -OCH3 is 1. The highest BCUT2D eigenvalue weighted by atomic mass is 32.1. The molecule has 32 heavy (non-hydrogen) atoms. The van der Waals surface area contributed by atoms with Gasteiger partial charge in [-0.25, -0.2) is 4.98 Å². The molecule has 0 radical (unpaired) electrons. The second-order valence-electron chi connectivity index (χ2n) is 7.29. The van der Waals surface area contributed by atoms with Crippen molar-refractivity contribution in [2.75, 3.05) is 7.11 Å². The normalized spacial score (nSPS) is 12.1. The van der Waals surface area contributed by atoms with Crippen LogP contribution in [0.2, 0.25) is 0 Å². The lowest BCUT2D eigenvalue weighted by Gasteiger charge is -2.21. The van der Waals surface area contributed by atoms with Gasteiger partial charge in [0.05, 0.1) is 25.2 Å².